The molecule has 436 valence electrons. The molecule has 4 aromatic carbocycles. The number of ether oxygens (including phenoxy) is 5. The van der Waals surface area contributed by atoms with Crippen LogP contribution in [0.15, 0.2) is 83.9 Å². The van der Waals surface area contributed by atoms with Gasteiger partial charge in [-0.15, -0.1) is 0 Å². The molecule has 0 radical (unpaired) electrons. The molecule has 2 atom stereocenters. The number of rotatable bonds is 21. The maximum atomic E-state index is 14.5. The number of hydrogen-bond acceptors (Lipinski definition) is 10. The van der Waals surface area contributed by atoms with Crippen molar-refractivity contribution in [2.75, 3.05) is 60.0 Å². The summed E-state index contributed by atoms with van der Waals surface area (Å²) in [7, 11) is 2.59. The number of carbonyl (C=O) groups is 3. The van der Waals surface area contributed by atoms with Crippen LogP contribution in [0.2, 0.25) is 0 Å². The standard InChI is InChI=1S/C35H45F4N3O5.C24H26F4N2O3/c1-23(17-24-10-12-26(36)19-28(24)37)20-42(31(43)25-11-13-29(46-32(38)39)30(18-25)45-5)21-27-9-8-16-41(27)22-35(14-6-7-15-35)40-33(44)47-34(2,3)4;1-15(10-16-5-7-18(25)12-20(16)26)13-30(14-19-4-3-9-29-19)23(31)17-6-8-21(33-24(27)28)22(11-17)32-2/h10-13,17-19,27,32H,6-9,14-16,20-22H2,1-5H3,(H,40,44);5-8,10-12,19,24,29H,3-4,9,13-14H2,1-2H3/b23-17+;15-10+. The number of halogens is 8. The first-order valence-corrected chi connectivity index (χ1v) is 26.5. The second-order valence-corrected chi connectivity index (χ2v) is 21.3. The summed E-state index contributed by atoms with van der Waals surface area (Å²) in [5.74, 6) is -3.86. The molecule has 2 unspecified atom stereocenters. The minimum atomic E-state index is -3.07. The van der Waals surface area contributed by atoms with Gasteiger partial charge in [0.05, 0.1) is 19.8 Å². The highest BCUT2D eigenvalue weighted by Crippen LogP contribution is 2.35. The van der Waals surface area contributed by atoms with Gasteiger partial charge in [0.25, 0.3) is 11.8 Å². The molecule has 0 bridgehead atoms. The third-order valence-corrected chi connectivity index (χ3v) is 13.8. The van der Waals surface area contributed by atoms with Crippen LogP contribution in [0.5, 0.6) is 23.0 Å². The largest absolute Gasteiger partial charge is 0.493 e. The first-order chi connectivity index (χ1) is 37.9. The van der Waals surface area contributed by atoms with E-state index in [1.165, 1.54) is 74.9 Å². The van der Waals surface area contributed by atoms with Crippen LogP contribution >= 0.6 is 0 Å². The summed E-state index contributed by atoms with van der Waals surface area (Å²) in [5.41, 5.74) is 1.10. The summed E-state index contributed by atoms with van der Waals surface area (Å²) in [5, 5.41) is 6.51. The molecule has 2 saturated heterocycles. The Morgan fingerprint density at radius 1 is 0.688 bits per heavy atom. The minimum absolute atomic E-state index is 0.0146. The smallest absolute Gasteiger partial charge is 0.408 e. The van der Waals surface area contributed by atoms with E-state index in [4.69, 9.17) is 14.2 Å². The maximum absolute atomic E-state index is 14.5. The number of amides is 3. The SMILES string of the molecule is COc1cc(C(=O)N(C/C(C)=C/c2ccc(F)cc2F)CC2CCCN2)ccc1OC(F)F.COc1cc(C(=O)N(C/C(C)=C/c2ccc(F)cc2F)CC2CCCN2CC2(NC(=O)OC(C)(C)C)CCCC2)ccc1OC(F)F. The van der Waals surface area contributed by atoms with Crippen molar-refractivity contribution < 1.29 is 73.2 Å². The topological polar surface area (TPSA) is 131 Å². The van der Waals surface area contributed by atoms with Gasteiger partial charge >= 0.3 is 19.3 Å². The zero-order valence-corrected chi connectivity index (χ0v) is 46.1. The normalized spacial score (nSPS) is 17.5. The van der Waals surface area contributed by atoms with E-state index in [1.807, 2.05) is 20.8 Å². The highest BCUT2D eigenvalue weighted by Gasteiger charge is 2.41. The number of nitrogens with zero attached hydrogens (tertiary/aromatic N) is 3. The summed E-state index contributed by atoms with van der Waals surface area (Å²) >= 11 is 0. The molecule has 3 fully saturated rings. The van der Waals surface area contributed by atoms with Crippen LogP contribution < -0.4 is 29.6 Å². The molecule has 3 amide bonds. The van der Waals surface area contributed by atoms with Gasteiger partial charge in [-0.25, -0.2) is 22.4 Å². The fourth-order valence-corrected chi connectivity index (χ4v) is 10.3. The second kappa shape index (κ2) is 28.5. The molecule has 13 nitrogen and oxygen atoms in total. The molecule has 1 saturated carbocycles. The number of benzene rings is 4. The number of hydrogen-bond donors (Lipinski definition) is 2. The van der Waals surface area contributed by atoms with Crippen molar-refractivity contribution >= 4 is 30.1 Å². The van der Waals surface area contributed by atoms with E-state index < -0.39 is 53.7 Å². The van der Waals surface area contributed by atoms with Gasteiger partial charge in [0.2, 0.25) is 0 Å². The van der Waals surface area contributed by atoms with Gasteiger partial charge in [-0.05, 0) is 147 Å². The van der Waals surface area contributed by atoms with E-state index in [-0.39, 0.29) is 82.2 Å². The van der Waals surface area contributed by atoms with Crippen molar-refractivity contribution in [1.29, 1.82) is 0 Å². The lowest BCUT2D eigenvalue weighted by atomic mass is 9.96. The lowest BCUT2D eigenvalue weighted by molar-refractivity contribution is -0.0518. The highest BCUT2D eigenvalue weighted by molar-refractivity contribution is 5.96. The molecular formula is C59H71F8N5O8. The average Bonchev–Trinajstić information content (AvgIpc) is 4.20. The molecule has 2 N–H and O–H groups in total. The number of nitrogens with one attached hydrogen (secondary N) is 2. The van der Waals surface area contributed by atoms with E-state index >= 15 is 0 Å². The van der Waals surface area contributed by atoms with Crippen molar-refractivity contribution in [3.8, 4) is 23.0 Å². The van der Waals surface area contributed by atoms with E-state index in [1.54, 1.807) is 35.8 Å². The van der Waals surface area contributed by atoms with Crippen molar-refractivity contribution in [2.45, 2.75) is 122 Å². The Morgan fingerprint density at radius 3 is 1.62 bits per heavy atom. The maximum Gasteiger partial charge on any atom is 0.408 e. The summed E-state index contributed by atoms with van der Waals surface area (Å²) in [4.78, 5) is 45.8. The van der Waals surface area contributed by atoms with E-state index in [2.05, 4.69) is 25.0 Å². The van der Waals surface area contributed by atoms with E-state index in [0.29, 0.717) is 30.8 Å². The fourth-order valence-electron chi connectivity index (χ4n) is 10.3. The molecule has 2 aliphatic heterocycles. The van der Waals surface area contributed by atoms with Crippen LogP contribution in [0.3, 0.4) is 0 Å². The third-order valence-electron chi connectivity index (χ3n) is 13.8. The molecule has 21 heteroatoms. The predicted molar refractivity (Wildman–Crippen MR) is 287 cm³/mol. The van der Waals surface area contributed by atoms with Crippen LogP contribution in [0.25, 0.3) is 12.2 Å². The fraction of sp³-hybridized carbons (Fsp3) is 0.475. The first kappa shape index (κ1) is 62.3. The van der Waals surface area contributed by atoms with Crippen LogP contribution in [0.1, 0.15) is 118 Å². The Balaban J connectivity index is 0.000000274. The summed E-state index contributed by atoms with van der Waals surface area (Å²) in [6, 6.07) is 14.7. The molecule has 3 aliphatic rings. The molecule has 2 heterocycles. The molecule has 0 spiro atoms. The summed E-state index contributed by atoms with van der Waals surface area (Å²) in [6.07, 6.45) is 9.90. The van der Waals surface area contributed by atoms with Crippen LogP contribution in [0, 0.1) is 23.3 Å². The average molecular weight is 1130 g/mol. The van der Waals surface area contributed by atoms with Crippen LogP contribution in [-0.4, -0.2) is 129 Å². The zero-order chi connectivity index (χ0) is 58.3. The summed E-state index contributed by atoms with van der Waals surface area (Å²) < 4.78 is 131. The monoisotopic (exact) mass is 1130 g/mol. The lowest BCUT2D eigenvalue weighted by Crippen LogP contribution is -2.56. The third kappa shape index (κ3) is 18.3. The Kier molecular flexibility index (Phi) is 22.2. The van der Waals surface area contributed by atoms with E-state index in [0.717, 1.165) is 76.6 Å². The van der Waals surface area contributed by atoms with Gasteiger partial charge in [-0.1, -0.05) is 36.1 Å². The van der Waals surface area contributed by atoms with Gasteiger partial charge in [0.1, 0.15) is 28.9 Å². The van der Waals surface area contributed by atoms with Gasteiger partial charge in [-0.3, -0.25) is 14.5 Å². The molecule has 1 aliphatic carbocycles. The van der Waals surface area contributed by atoms with Crippen LogP contribution in [-0.2, 0) is 4.74 Å². The number of alkyl halides is 4. The van der Waals surface area contributed by atoms with Crippen molar-refractivity contribution in [2.24, 2.45) is 0 Å². The number of likely N-dealkylation sites (tertiary alicyclic amines) is 1. The predicted octanol–water partition coefficient (Wildman–Crippen LogP) is 12.3. The Hall–Kier alpha value is -6.87. The molecule has 7 rings (SSSR count). The molecule has 80 heavy (non-hydrogen) atoms. The van der Waals surface area contributed by atoms with Gasteiger partial charge in [-0.2, -0.15) is 17.6 Å². The van der Waals surface area contributed by atoms with Gasteiger partial charge < -0.3 is 44.1 Å². The van der Waals surface area contributed by atoms with E-state index in [9.17, 15) is 49.5 Å². The van der Waals surface area contributed by atoms with Gasteiger partial charge in [0, 0.05) is 79.2 Å². The van der Waals surface area contributed by atoms with Crippen molar-refractivity contribution in [3.05, 3.63) is 129 Å². The second-order valence-electron chi connectivity index (χ2n) is 21.3. The number of carbonyl (C=O) groups excluding carboxylic acids is 3. The Labute approximate surface area is 462 Å². The lowest BCUT2D eigenvalue weighted by Gasteiger charge is -2.38. The van der Waals surface area contributed by atoms with Crippen LogP contribution in [0.4, 0.5) is 39.9 Å². The molecular weight excluding hydrogens is 1060 g/mol. The highest BCUT2D eigenvalue weighted by atomic mass is 19.3. The summed E-state index contributed by atoms with van der Waals surface area (Å²) in [6.45, 7) is 6.19. The molecule has 0 aromatic heterocycles. The van der Waals surface area contributed by atoms with Crippen molar-refractivity contribution in [3.63, 3.8) is 0 Å². The van der Waals surface area contributed by atoms with Gasteiger partial charge in [0.15, 0.2) is 23.0 Å². The molecule has 4 aromatic rings. The minimum Gasteiger partial charge on any atom is -0.493 e. The first-order valence-electron chi connectivity index (χ1n) is 26.5. The number of alkyl carbamates (subject to hydrolysis) is 1. The quantitative estimate of drug-likeness (QED) is 0.0778. The Morgan fingerprint density at radius 2 is 1.19 bits per heavy atom. The Bertz CT molecular complexity index is 2820. The number of methoxy groups -OCH3 is 2. The zero-order valence-electron chi connectivity index (χ0n) is 46.1. The van der Waals surface area contributed by atoms with Crippen molar-refractivity contribution in [1.82, 2.24) is 25.3 Å².